The van der Waals surface area contributed by atoms with Crippen molar-refractivity contribution in [2.75, 3.05) is 22.4 Å². The highest BCUT2D eigenvalue weighted by molar-refractivity contribution is 7.92. The molecule has 0 fully saturated rings. The zero-order valence-corrected chi connectivity index (χ0v) is 17.6. The number of sulfonamides is 1. The van der Waals surface area contributed by atoms with Gasteiger partial charge in [-0.2, -0.15) is 0 Å². The summed E-state index contributed by atoms with van der Waals surface area (Å²) in [5.41, 5.74) is 2.33. The molecule has 0 unspecified atom stereocenters. The molecule has 150 valence electrons. The van der Waals surface area contributed by atoms with Crippen LogP contribution in [0.1, 0.15) is 43.6 Å². The molecule has 0 aliphatic rings. The normalized spacial score (nSPS) is 11.8. The van der Waals surface area contributed by atoms with E-state index in [0.717, 1.165) is 16.1 Å². The van der Waals surface area contributed by atoms with Crippen LogP contribution >= 0.6 is 0 Å². The van der Waals surface area contributed by atoms with Crippen LogP contribution in [0.3, 0.4) is 0 Å². The summed E-state index contributed by atoms with van der Waals surface area (Å²) in [6, 6.07) is 13.6. The molecule has 1 N–H and O–H groups in total. The fraction of sp³-hybridized carbons (Fsp3) is 0.333. The van der Waals surface area contributed by atoms with Crippen molar-refractivity contribution >= 4 is 33.1 Å². The number of carbonyl (C=O) groups excluding carboxylic acids is 2. The Balaban J connectivity index is 2.22. The molecule has 0 aliphatic carbocycles. The number of rotatable bonds is 6. The Labute approximate surface area is 166 Å². The van der Waals surface area contributed by atoms with Gasteiger partial charge in [0.1, 0.15) is 6.54 Å². The van der Waals surface area contributed by atoms with Gasteiger partial charge in [-0.1, -0.05) is 45.0 Å². The summed E-state index contributed by atoms with van der Waals surface area (Å²) in [5.74, 6) is -0.612. The second-order valence-corrected chi connectivity index (χ2v) is 9.66. The van der Waals surface area contributed by atoms with Crippen molar-refractivity contribution in [3.8, 4) is 0 Å². The van der Waals surface area contributed by atoms with Gasteiger partial charge in [-0.15, -0.1) is 0 Å². The molecule has 2 aromatic rings. The van der Waals surface area contributed by atoms with Crippen molar-refractivity contribution in [1.82, 2.24) is 0 Å². The van der Waals surface area contributed by atoms with Gasteiger partial charge in [0.15, 0.2) is 5.78 Å². The quantitative estimate of drug-likeness (QED) is 0.749. The van der Waals surface area contributed by atoms with Crippen LogP contribution in [0.25, 0.3) is 0 Å². The van der Waals surface area contributed by atoms with E-state index in [-0.39, 0.29) is 17.7 Å². The smallest absolute Gasteiger partial charge is 0.245 e. The summed E-state index contributed by atoms with van der Waals surface area (Å²) in [7, 11) is -3.66. The predicted octanol–water partition coefficient (Wildman–Crippen LogP) is 3.59. The highest BCUT2D eigenvalue weighted by Gasteiger charge is 2.22. The summed E-state index contributed by atoms with van der Waals surface area (Å²) in [4.78, 5) is 23.9. The summed E-state index contributed by atoms with van der Waals surface area (Å²) in [6.07, 6.45) is 1.06. The van der Waals surface area contributed by atoms with E-state index < -0.39 is 15.9 Å². The number of nitrogens with zero attached hydrogens (tertiary/aromatic N) is 1. The van der Waals surface area contributed by atoms with Gasteiger partial charge in [0.25, 0.3) is 0 Å². The molecule has 2 rings (SSSR count). The van der Waals surface area contributed by atoms with E-state index >= 15 is 0 Å². The first-order valence-electron chi connectivity index (χ1n) is 8.87. The molecule has 0 spiro atoms. The Kier molecular flexibility index (Phi) is 6.29. The molecule has 0 saturated heterocycles. The van der Waals surface area contributed by atoms with Crippen LogP contribution in [0.5, 0.6) is 0 Å². The zero-order valence-electron chi connectivity index (χ0n) is 16.8. The second-order valence-electron chi connectivity index (χ2n) is 7.75. The summed E-state index contributed by atoms with van der Waals surface area (Å²) < 4.78 is 25.6. The third kappa shape index (κ3) is 5.66. The van der Waals surface area contributed by atoms with Crippen molar-refractivity contribution in [3.63, 3.8) is 0 Å². The number of anilines is 2. The Morgan fingerprint density at radius 1 is 1.04 bits per heavy atom. The molecule has 0 heterocycles. The Bertz CT molecular complexity index is 974. The fourth-order valence-corrected chi connectivity index (χ4v) is 3.53. The maximum Gasteiger partial charge on any atom is 0.245 e. The van der Waals surface area contributed by atoms with E-state index in [1.54, 1.807) is 36.4 Å². The average Bonchev–Trinajstić information content (AvgIpc) is 2.58. The van der Waals surface area contributed by atoms with Crippen LogP contribution in [-0.4, -0.2) is 32.9 Å². The van der Waals surface area contributed by atoms with E-state index in [9.17, 15) is 18.0 Å². The molecule has 1 amide bonds. The van der Waals surface area contributed by atoms with Crippen molar-refractivity contribution in [2.45, 2.75) is 33.1 Å². The Morgan fingerprint density at radius 3 is 2.14 bits per heavy atom. The molecule has 2 aromatic carbocycles. The van der Waals surface area contributed by atoms with Crippen LogP contribution in [0.15, 0.2) is 48.5 Å². The molecular formula is C21H26N2O4S. The third-order valence-electron chi connectivity index (χ3n) is 4.26. The van der Waals surface area contributed by atoms with Crippen LogP contribution in [0, 0.1) is 0 Å². The molecule has 7 heteroatoms. The standard InChI is InChI=1S/C21H26N2O4S/c1-15(24)16-7-6-8-18(13-16)22-20(25)14-23(28(5,26)27)19-11-9-17(10-12-19)21(2,3)4/h6-13H,14H2,1-5H3,(H,22,25). The number of benzene rings is 2. The number of hydrogen-bond acceptors (Lipinski definition) is 4. The number of amides is 1. The molecule has 28 heavy (non-hydrogen) atoms. The highest BCUT2D eigenvalue weighted by atomic mass is 32.2. The Hall–Kier alpha value is -2.67. The highest BCUT2D eigenvalue weighted by Crippen LogP contribution is 2.26. The van der Waals surface area contributed by atoms with E-state index in [2.05, 4.69) is 26.1 Å². The molecule has 0 atom stereocenters. The lowest BCUT2D eigenvalue weighted by Gasteiger charge is -2.24. The third-order valence-corrected chi connectivity index (χ3v) is 5.40. The minimum Gasteiger partial charge on any atom is -0.324 e. The molecule has 0 aromatic heterocycles. The maximum atomic E-state index is 12.4. The van der Waals surface area contributed by atoms with E-state index in [1.807, 2.05) is 12.1 Å². The summed E-state index contributed by atoms with van der Waals surface area (Å²) >= 11 is 0. The largest absolute Gasteiger partial charge is 0.324 e. The predicted molar refractivity (Wildman–Crippen MR) is 112 cm³/mol. The van der Waals surface area contributed by atoms with Gasteiger partial charge in [0, 0.05) is 11.3 Å². The van der Waals surface area contributed by atoms with Gasteiger partial charge in [-0.3, -0.25) is 13.9 Å². The van der Waals surface area contributed by atoms with Crippen LogP contribution in [-0.2, 0) is 20.2 Å². The molecular weight excluding hydrogens is 376 g/mol. The molecule has 0 radical (unpaired) electrons. The van der Waals surface area contributed by atoms with Crippen LogP contribution in [0.2, 0.25) is 0 Å². The van der Waals surface area contributed by atoms with Gasteiger partial charge in [-0.25, -0.2) is 8.42 Å². The van der Waals surface area contributed by atoms with Crippen LogP contribution in [0.4, 0.5) is 11.4 Å². The Morgan fingerprint density at radius 2 is 1.64 bits per heavy atom. The summed E-state index contributed by atoms with van der Waals surface area (Å²) in [6.45, 7) is 7.28. The molecule has 0 bridgehead atoms. The molecule has 6 nitrogen and oxygen atoms in total. The minimum atomic E-state index is -3.66. The fourth-order valence-electron chi connectivity index (χ4n) is 2.67. The number of Topliss-reactive ketones (excluding diaryl/α,β-unsaturated/α-hetero) is 1. The lowest BCUT2D eigenvalue weighted by Crippen LogP contribution is -2.37. The van der Waals surface area contributed by atoms with Gasteiger partial charge < -0.3 is 5.32 Å². The van der Waals surface area contributed by atoms with Crippen molar-refractivity contribution in [1.29, 1.82) is 0 Å². The first-order valence-corrected chi connectivity index (χ1v) is 10.7. The first-order chi connectivity index (χ1) is 12.9. The monoisotopic (exact) mass is 402 g/mol. The van der Waals surface area contributed by atoms with Crippen molar-refractivity contribution in [3.05, 3.63) is 59.7 Å². The van der Waals surface area contributed by atoms with Gasteiger partial charge >= 0.3 is 0 Å². The van der Waals surface area contributed by atoms with Gasteiger partial charge in [0.2, 0.25) is 15.9 Å². The number of carbonyl (C=O) groups is 2. The maximum absolute atomic E-state index is 12.4. The SMILES string of the molecule is CC(=O)c1cccc(NC(=O)CN(c2ccc(C(C)(C)C)cc2)S(C)(=O)=O)c1. The van der Waals surface area contributed by atoms with Gasteiger partial charge in [0.05, 0.1) is 11.9 Å². The van der Waals surface area contributed by atoms with Crippen LogP contribution < -0.4 is 9.62 Å². The van der Waals surface area contributed by atoms with Crippen molar-refractivity contribution in [2.24, 2.45) is 0 Å². The minimum absolute atomic E-state index is 0.0620. The number of ketones is 1. The first kappa shape index (κ1) is 21.6. The lowest BCUT2D eigenvalue weighted by atomic mass is 9.87. The second kappa shape index (κ2) is 8.14. The molecule has 0 saturated carbocycles. The number of nitrogens with one attached hydrogen (secondary N) is 1. The van der Waals surface area contributed by atoms with E-state index in [4.69, 9.17) is 0 Å². The molecule has 0 aliphatic heterocycles. The number of hydrogen-bond donors (Lipinski definition) is 1. The van der Waals surface area contributed by atoms with E-state index in [1.165, 1.54) is 6.92 Å². The van der Waals surface area contributed by atoms with E-state index in [0.29, 0.717) is 16.9 Å². The van der Waals surface area contributed by atoms with Crippen molar-refractivity contribution < 1.29 is 18.0 Å². The topological polar surface area (TPSA) is 83.6 Å². The van der Waals surface area contributed by atoms with Gasteiger partial charge in [-0.05, 0) is 42.2 Å². The average molecular weight is 403 g/mol. The zero-order chi connectivity index (χ0) is 21.1. The lowest BCUT2D eigenvalue weighted by molar-refractivity contribution is -0.114. The summed E-state index contributed by atoms with van der Waals surface area (Å²) in [5, 5.41) is 2.65.